The van der Waals surface area contributed by atoms with Crippen molar-refractivity contribution in [1.29, 1.82) is 0 Å². The predicted octanol–water partition coefficient (Wildman–Crippen LogP) is -1.81. The van der Waals surface area contributed by atoms with E-state index in [4.69, 9.17) is 22.3 Å². The van der Waals surface area contributed by atoms with Crippen LogP contribution in [0, 0.1) is 0 Å². The Kier molecular flexibility index (Phi) is 6.27. The van der Waals surface area contributed by atoms with E-state index >= 15 is 0 Å². The fourth-order valence-corrected chi connectivity index (χ4v) is 1.45. The molecule has 0 radical (unpaired) electrons. The Balaban J connectivity index is 2.39. The molecule has 19 heavy (non-hydrogen) atoms. The maximum atomic E-state index is 11.7. The molecule has 1 rings (SSSR count). The number of carbonyl (C=O) groups is 1. The summed E-state index contributed by atoms with van der Waals surface area (Å²) in [6, 6.07) is 6.06. The van der Waals surface area contributed by atoms with E-state index in [2.05, 4.69) is 16.0 Å². The van der Waals surface area contributed by atoms with E-state index in [0.717, 1.165) is 0 Å². The van der Waals surface area contributed by atoms with Crippen molar-refractivity contribution in [3.8, 4) is 0 Å². The number of hydrogen-bond acceptors (Lipinski definition) is 4. The van der Waals surface area contributed by atoms with Crippen LogP contribution in [-0.2, 0) is 0 Å². The van der Waals surface area contributed by atoms with Gasteiger partial charge >= 0.3 is 7.12 Å². The highest BCUT2D eigenvalue weighted by atomic mass is 32.1. The molecule has 0 spiro atoms. The van der Waals surface area contributed by atoms with Crippen molar-refractivity contribution in [2.45, 2.75) is 0 Å². The molecule has 0 aromatic heterocycles. The molecule has 0 unspecified atom stereocenters. The average molecular weight is 281 g/mol. The monoisotopic (exact) mass is 281 g/mol. The van der Waals surface area contributed by atoms with E-state index in [9.17, 15) is 4.79 Å². The summed E-state index contributed by atoms with van der Waals surface area (Å²) in [5.74, 6) is -0.226. The molecule has 0 saturated carbocycles. The van der Waals surface area contributed by atoms with Gasteiger partial charge in [0.1, 0.15) is 0 Å². The first kappa shape index (κ1) is 15.4. The van der Waals surface area contributed by atoms with Gasteiger partial charge in [0.15, 0.2) is 5.11 Å². The highest BCUT2D eigenvalue weighted by Gasteiger charge is 2.11. The Morgan fingerprint density at radius 3 is 2.32 bits per heavy atom. The molecule has 0 bridgehead atoms. The van der Waals surface area contributed by atoms with Crippen LogP contribution in [0.4, 0.5) is 0 Å². The molecule has 6 nitrogen and oxygen atoms in total. The van der Waals surface area contributed by atoms with Gasteiger partial charge in [0.2, 0.25) is 0 Å². The summed E-state index contributed by atoms with van der Waals surface area (Å²) in [7, 11) is 0.189. The molecule has 1 amide bonds. The fraction of sp³-hybridized carbons (Fsp3) is 0.273. The molecule has 1 aromatic rings. The minimum atomic E-state index is -1.52. The fourth-order valence-electron chi connectivity index (χ4n) is 1.35. The highest BCUT2D eigenvalue weighted by molar-refractivity contribution is 7.80. The van der Waals surface area contributed by atoms with Gasteiger partial charge in [-0.2, -0.15) is 0 Å². The third kappa shape index (κ3) is 5.25. The Bertz CT molecular complexity index is 439. The topological polar surface area (TPSA) is 93.6 Å². The summed E-state index contributed by atoms with van der Waals surface area (Å²) in [5.41, 5.74) is 0.804. The molecule has 8 heteroatoms. The standard InChI is InChI=1S/C11H16BN3O3S/c1-13-11(19)15-7-6-14-10(16)8-2-4-9(5-3-8)12(17)18/h2-5,17-18H,6-7H2,1H3,(H,14,16)(H2,13,15,19). The van der Waals surface area contributed by atoms with Crippen LogP contribution in [0.2, 0.25) is 0 Å². The van der Waals surface area contributed by atoms with Crippen molar-refractivity contribution in [3.05, 3.63) is 29.8 Å². The van der Waals surface area contributed by atoms with E-state index < -0.39 is 7.12 Å². The Hall–Kier alpha value is -1.64. The zero-order valence-electron chi connectivity index (χ0n) is 10.5. The summed E-state index contributed by atoms with van der Waals surface area (Å²) in [5, 5.41) is 26.8. The summed E-state index contributed by atoms with van der Waals surface area (Å²) in [6.07, 6.45) is 0. The van der Waals surface area contributed by atoms with Crippen LogP contribution in [0.5, 0.6) is 0 Å². The minimum absolute atomic E-state index is 0.226. The minimum Gasteiger partial charge on any atom is -0.423 e. The average Bonchev–Trinajstić information content (AvgIpc) is 2.43. The largest absolute Gasteiger partial charge is 0.488 e. The summed E-state index contributed by atoms with van der Waals surface area (Å²) in [4.78, 5) is 11.7. The second-order valence-electron chi connectivity index (χ2n) is 3.76. The number of benzene rings is 1. The first-order valence-corrected chi connectivity index (χ1v) is 6.15. The van der Waals surface area contributed by atoms with Gasteiger partial charge in [0.25, 0.3) is 5.91 Å². The molecular formula is C11H16BN3O3S. The maximum absolute atomic E-state index is 11.7. The molecule has 0 aliphatic rings. The van der Waals surface area contributed by atoms with Crippen LogP contribution in [0.3, 0.4) is 0 Å². The summed E-state index contributed by atoms with van der Waals surface area (Å²) >= 11 is 4.88. The number of hydrogen-bond donors (Lipinski definition) is 5. The molecule has 0 atom stereocenters. The molecule has 0 saturated heterocycles. The van der Waals surface area contributed by atoms with E-state index in [0.29, 0.717) is 29.2 Å². The summed E-state index contributed by atoms with van der Waals surface area (Å²) < 4.78 is 0. The number of thiocarbonyl (C=S) groups is 1. The van der Waals surface area contributed by atoms with Crippen LogP contribution in [0.25, 0.3) is 0 Å². The van der Waals surface area contributed by atoms with Crippen molar-refractivity contribution >= 4 is 35.8 Å². The quantitative estimate of drug-likeness (QED) is 0.248. The normalized spacial score (nSPS) is 9.63. The zero-order valence-corrected chi connectivity index (χ0v) is 11.3. The second kappa shape index (κ2) is 7.72. The number of amides is 1. The van der Waals surface area contributed by atoms with Crippen molar-refractivity contribution in [2.75, 3.05) is 20.1 Å². The van der Waals surface area contributed by atoms with Crippen LogP contribution in [0.15, 0.2) is 24.3 Å². The van der Waals surface area contributed by atoms with Gasteiger partial charge in [0.05, 0.1) is 0 Å². The lowest BCUT2D eigenvalue weighted by Crippen LogP contribution is -2.38. The van der Waals surface area contributed by atoms with Gasteiger partial charge in [0, 0.05) is 25.7 Å². The third-order valence-electron chi connectivity index (χ3n) is 2.39. The Labute approximate surface area is 117 Å². The molecule has 0 heterocycles. The van der Waals surface area contributed by atoms with E-state index in [1.165, 1.54) is 24.3 Å². The highest BCUT2D eigenvalue weighted by Crippen LogP contribution is 1.96. The van der Waals surface area contributed by atoms with Gasteiger partial charge in [-0.1, -0.05) is 12.1 Å². The van der Waals surface area contributed by atoms with Crippen LogP contribution >= 0.6 is 12.2 Å². The summed E-state index contributed by atoms with van der Waals surface area (Å²) in [6.45, 7) is 0.962. The molecule has 0 aliphatic heterocycles. The predicted molar refractivity (Wildman–Crippen MR) is 78.3 cm³/mol. The molecular weight excluding hydrogens is 265 g/mol. The SMILES string of the molecule is CNC(=S)NCCNC(=O)c1ccc(B(O)O)cc1. The molecule has 1 aromatic carbocycles. The van der Waals surface area contributed by atoms with Crippen molar-refractivity contribution in [2.24, 2.45) is 0 Å². The van der Waals surface area contributed by atoms with Gasteiger partial charge < -0.3 is 26.0 Å². The maximum Gasteiger partial charge on any atom is 0.488 e. The molecule has 0 aliphatic carbocycles. The van der Waals surface area contributed by atoms with Crippen LogP contribution < -0.4 is 21.4 Å². The van der Waals surface area contributed by atoms with Crippen molar-refractivity contribution in [1.82, 2.24) is 16.0 Å². The lowest BCUT2D eigenvalue weighted by Gasteiger charge is -2.08. The van der Waals surface area contributed by atoms with Gasteiger partial charge in [-0.15, -0.1) is 0 Å². The lowest BCUT2D eigenvalue weighted by atomic mass is 9.80. The number of nitrogens with one attached hydrogen (secondary N) is 3. The number of rotatable bonds is 5. The molecule has 5 N–H and O–H groups in total. The van der Waals surface area contributed by atoms with Crippen LogP contribution in [-0.4, -0.2) is 48.3 Å². The third-order valence-corrected chi connectivity index (χ3v) is 2.74. The zero-order chi connectivity index (χ0) is 14.3. The van der Waals surface area contributed by atoms with Crippen molar-refractivity contribution in [3.63, 3.8) is 0 Å². The molecule has 0 fully saturated rings. The van der Waals surface area contributed by atoms with E-state index in [1.807, 2.05) is 0 Å². The Morgan fingerprint density at radius 1 is 1.21 bits per heavy atom. The van der Waals surface area contributed by atoms with E-state index in [1.54, 1.807) is 7.05 Å². The Morgan fingerprint density at radius 2 is 1.79 bits per heavy atom. The first-order valence-electron chi connectivity index (χ1n) is 5.74. The van der Waals surface area contributed by atoms with E-state index in [-0.39, 0.29) is 5.91 Å². The molecule has 102 valence electrons. The smallest absolute Gasteiger partial charge is 0.423 e. The second-order valence-corrected chi connectivity index (χ2v) is 4.17. The number of carbonyl (C=O) groups excluding carboxylic acids is 1. The van der Waals surface area contributed by atoms with Crippen molar-refractivity contribution < 1.29 is 14.8 Å². The van der Waals surface area contributed by atoms with Gasteiger partial charge in [-0.05, 0) is 29.8 Å². The first-order chi connectivity index (χ1) is 9.04. The van der Waals surface area contributed by atoms with Gasteiger partial charge in [-0.25, -0.2) is 0 Å². The van der Waals surface area contributed by atoms with Crippen LogP contribution in [0.1, 0.15) is 10.4 Å². The lowest BCUT2D eigenvalue weighted by molar-refractivity contribution is 0.0954. The van der Waals surface area contributed by atoms with Gasteiger partial charge in [-0.3, -0.25) is 4.79 Å².